The summed E-state index contributed by atoms with van der Waals surface area (Å²) >= 11 is -0.344. The van der Waals surface area contributed by atoms with Gasteiger partial charge in [-0.3, -0.25) is 4.31 Å². The summed E-state index contributed by atoms with van der Waals surface area (Å²) in [5.41, 5.74) is 5.32. The Morgan fingerprint density at radius 1 is 1.09 bits per heavy atom. The van der Waals surface area contributed by atoms with Crippen LogP contribution in [0.3, 0.4) is 0 Å². The first kappa shape index (κ1) is 14.0. The third-order valence-electron chi connectivity index (χ3n) is 4.36. The summed E-state index contributed by atoms with van der Waals surface area (Å²) in [4.78, 5) is 10.2. The lowest BCUT2D eigenvalue weighted by Crippen LogP contribution is -2.26. The van der Waals surface area contributed by atoms with Gasteiger partial charge in [0.25, 0.3) is 0 Å². The highest BCUT2D eigenvalue weighted by molar-refractivity contribution is 8.29. The third-order valence-corrected chi connectivity index (χ3v) is 6.28. The molecule has 4 nitrogen and oxygen atoms in total. The van der Waals surface area contributed by atoms with Gasteiger partial charge in [-0.2, -0.15) is 0 Å². The molecule has 2 atom stereocenters. The maximum absolute atomic E-state index is 5.61. The van der Waals surface area contributed by atoms with E-state index in [-0.39, 0.29) is 17.2 Å². The van der Waals surface area contributed by atoms with Crippen molar-refractivity contribution in [1.82, 2.24) is 4.31 Å². The average molecular weight is 315 g/mol. The second-order valence-corrected chi connectivity index (χ2v) is 7.71. The van der Waals surface area contributed by atoms with E-state index < -0.39 is 0 Å². The highest BCUT2D eigenvalue weighted by Crippen LogP contribution is 2.40. The number of piperidine rings is 1. The number of hydrogen-bond acceptors (Lipinski definition) is 4. The molecule has 1 aromatic carbocycles. The molecule has 3 aliphatic rings. The van der Waals surface area contributed by atoms with E-state index in [1.54, 1.807) is 0 Å². The zero-order valence-corrected chi connectivity index (χ0v) is 13.5. The minimum atomic E-state index is -0.344. The summed E-state index contributed by atoms with van der Waals surface area (Å²) in [6.07, 6.45) is 4.85. The number of allylic oxidation sites excluding steroid dienone is 1. The summed E-state index contributed by atoms with van der Waals surface area (Å²) in [5, 5.41) is 6.58. The van der Waals surface area contributed by atoms with Gasteiger partial charge in [0.05, 0.1) is 11.2 Å². The van der Waals surface area contributed by atoms with Crippen molar-refractivity contribution in [2.24, 2.45) is 10.1 Å². The first-order valence-electron chi connectivity index (χ1n) is 7.97. The lowest BCUT2D eigenvalue weighted by atomic mass is 10.0. The molecular weight excluding hydrogens is 294 g/mol. The highest BCUT2D eigenvalue weighted by atomic mass is 32.2. The molecule has 116 valence electrons. The van der Waals surface area contributed by atoms with Crippen LogP contribution in [0.2, 0.25) is 0 Å². The van der Waals surface area contributed by atoms with Gasteiger partial charge in [0.1, 0.15) is 5.71 Å². The molecule has 0 amide bonds. The predicted octanol–water partition coefficient (Wildman–Crippen LogP) is 3.79. The zero-order chi connectivity index (χ0) is 14.8. The van der Waals surface area contributed by atoms with Gasteiger partial charge < -0.3 is 4.84 Å². The Bertz CT molecular complexity index is 620. The SMILES string of the molecule is C1=NC(C2=NOC(c3ccccc3)C2)=C[SH]1N1CCCCC1. The van der Waals surface area contributed by atoms with E-state index in [2.05, 4.69) is 37.5 Å². The van der Waals surface area contributed by atoms with E-state index in [1.807, 2.05) is 18.2 Å². The molecule has 0 aromatic heterocycles. The van der Waals surface area contributed by atoms with E-state index >= 15 is 0 Å². The van der Waals surface area contributed by atoms with Crippen molar-refractivity contribution in [1.29, 1.82) is 0 Å². The molecule has 1 aromatic rings. The van der Waals surface area contributed by atoms with E-state index in [1.165, 1.54) is 37.9 Å². The monoisotopic (exact) mass is 315 g/mol. The van der Waals surface area contributed by atoms with Crippen LogP contribution in [0, 0.1) is 0 Å². The van der Waals surface area contributed by atoms with Gasteiger partial charge in [-0.15, -0.1) is 11.1 Å². The molecule has 0 N–H and O–H groups in total. The van der Waals surface area contributed by atoms with Crippen LogP contribution in [-0.2, 0) is 4.84 Å². The van der Waals surface area contributed by atoms with Crippen LogP contribution in [0.25, 0.3) is 0 Å². The van der Waals surface area contributed by atoms with Gasteiger partial charge in [0, 0.05) is 19.5 Å². The zero-order valence-electron chi connectivity index (χ0n) is 12.6. The van der Waals surface area contributed by atoms with Crippen molar-refractivity contribution in [3.05, 3.63) is 47.0 Å². The predicted molar refractivity (Wildman–Crippen MR) is 93.3 cm³/mol. The van der Waals surface area contributed by atoms with Gasteiger partial charge >= 0.3 is 0 Å². The van der Waals surface area contributed by atoms with Crippen molar-refractivity contribution in [3.8, 4) is 0 Å². The van der Waals surface area contributed by atoms with Crippen LogP contribution in [0.5, 0.6) is 0 Å². The molecular formula is C17H21N3OS. The lowest BCUT2D eigenvalue weighted by molar-refractivity contribution is 0.0857. The Morgan fingerprint density at radius 3 is 2.73 bits per heavy atom. The molecule has 0 bridgehead atoms. The van der Waals surface area contributed by atoms with Gasteiger partial charge in [0.15, 0.2) is 6.10 Å². The summed E-state index contributed by atoms with van der Waals surface area (Å²) in [6, 6.07) is 10.3. The maximum atomic E-state index is 5.61. The summed E-state index contributed by atoms with van der Waals surface area (Å²) in [7, 11) is 0. The van der Waals surface area contributed by atoms with Crippen LogP contribution in [0.4, 0.5) is 0 Å². The Kier molecular flexibility index (Phi) is 3.99. The second-order valence-electron chi connectivity index (χ2n) is 5.90. The highest BCUT2D eigenvalue weighted by Gasteiger charge is 2.27. The molecule has 0 saturated carbocycles. The largest absolute Gasteiger partial charge is 0.387 e. The molecule has 0 spiro atoms. The average Bonchev–Trinajstić information content (AvgIpc) is 3.26. The normalized spacial score (nSPS) is 30.0. The van der Waals surface area contributed by atoms with Crippen LogP contribution >= 0.6 is 11.1 Å². The number of rotatable bonds is 3. The smallest absolute Gasteiger partial charge is 0.158 e. The van der Waals surface area contributed by atoms with Crippen molar-refractivity contribution >= 4 is 22.3 Å². The molecule has 2 unspecified atom stereocenters. The minimum Gasteiger partial charge on any atom is -0.387 e. The first-order valence-corrected chi connectivity index (χ1v) is 9.41. The van der Waals surface area contributed by atoms with Gasteiger partial charge in [0.2, 0.25) is 0 Å². The van der Waals surface area contributed by atoms with Crippen LogP contribution in [-0.4, -0.2) is 28.7 Å². The second kappa shape index (κ2) is 6.26. The molecule has 1 fully saturated rings. The Morgan fingerprint density at radius 2 is 1.91 bits per heavy atom. The molecule has 3 aliphatic heterocycles. The van der Waals surface area contributed by atoms with E-state index in [4.69, 9.17) is 4.84 Å². The number of benzene rings is 1. The fraction of sp³-hybridized carbons (Fsp3) is 0.412. The minimum absolute atomic E-state index is 0.0362. The number of oxime groups is 1. The van der Waals surface area contributed by atoms with Gasteiger partial charge in [-0.25, -0.2) is 4.99 Å². The van der Waals surface area contributed by atoms with Crippen LogP contribution < -0.4 is 0 Å². The van der Waals surface area contributed by atoms with Gasteiger partial charge in [-0.1, -0.05) is 41.9 Å². The number of hydrogen-bond donors (Lipinski definition) is 1. The summed E-state index contributed by atoms with van der Waals surface area (Å²) in [6.45, 7) is 2.41. The van der Waals surface area contributed by atoms with Crippen molar-refractivity contribution < 1.29 is 4.84 Å². The fourth-order valence-corrected chi connectivity index (χ4v) is 4.93. The Labute approximate surface area is 134 Å². The van der Waals surface area contributed by atoms with Crippen LogP contribution in [0.15, 0.2) is 51.6 Å². The molecule has 0 radical (unpaired) electrons. The number of aliphatic imine (C=N–C) groups is 1. The summed E-state index contributed by atoms with van der Waals surface area (Å²) < 4.78 is 2.57. The Balaban J connectivity index is 1.42. The van der Waals surface area contributed by atoms with Crippen LogP contribution in [0.1, 0.15) is 37.4 Å². The first-order chi connectivity index (χ1) is 10.9. The number of thiol groups is 1. The Hall–Kier alpha value is -1.59. The quantitative estimate of drug-likeness (QED) is 0.862. The third kappa shape index (κ3) is 2.83. The fourth-order valence-electron chi connectivity index (χ4n) is 3.10. The maximum Gasteiger partial charge on any atom is 0.158 e. The van der Waals surface area contributed by atoms with Crippen molar-refractivity contribution in [2.45, 2.75) is 31.8 Å². The molecule has 22 heavy (non-hydrogen) atoms. The lowest BCUT2D eigenvalue weighted by Gasteiger charge is -2.31. The van der Waals surface area contributed by atoms with Crippen molar-refractivity contribution in [2.75, 3.05) is 13.1 Å². The number of nitrogens with zero attached hydrogens (tertiary/aromatic N) is 3. The molecule has 3 heterocycles. The topological polar surface area (TPSA) is 37.2 Å². The van der Waals surface area contributed by atoms with Gasteiger partial charge in [-0.05, 0) is 23.8 Å². The summed E-state index contributed by atoms with van der Waals surface area (Å²) in [5.74, 6) is 0. The molecule has 0 aliphatic carbocycles. The molecule has 1 saturated heterocycles. The molecule has 4 rings (SSSR count). The molecule has 5 heteroatoms. The van der Waals surface area contributed by atoms with Crippen molar-refractivity contribution in [3.63, 3.8) is 0 Å². The standard InChI is InChI=1S/C17H21N3OS/c1-3-7-14(8-4-1)17-11-15(19-21-17)16-12-22(13-18-16)20-9-5-2-6-10-20/h1,3-4,7-8,12-13,17,22H,2,5-6,9-11H2. The van der Waals surface area contributed by atoms with E-state index in [0.717, 1.165) is 17.8 Å². The van der Waals surface area contributed by atoms with E-state index in [9.17, 15) is 0 Å². The van der Waals surface area contributed by atoms with E-state index in [0.29, 0.717) is 0 Å².